The fourth-order valence-electron chi connectivity index (χ4n) is 3.67. The number of nitrogens with zero attached hydrogens (tertiary/aromatic N) is 2. The minimum atomic E-state index is -0.339. The summed E-state index contributed by atoms with van der Waals surface area (Å²) in [6.45, 7) is 4.07. The number of anilines is 1. The number of piperazine rings is 1. The van der Waals surface area contributed by atoms with Gasteiger partial charge in [0.15, 0.2) is 0 Å². The van der Waals surface area contributed by atoms with Gasteiger partial charge in [-0.1, -0.05) is 24.3 Å². The molecule has 0 radical (unpaired) electrons. The minimum absolute atomic E-state index is 0.104. The summed E-state index contributed by atoms with van der Waals surface area (Å²) in [5.74, 6) is 1.24. The molecule has 2 aromatic carbocycles. The van der Waals surface area contributed by atoms with E-state index in [9.17, 15) is 9.18 Å². The molecule has 31 heavy (non-hydrogen) atoms. The number of hydrogen-bond acceptors (Lipinski definition) is 6. The Morgan fingerprint density at radius 1 is 1.00 bits per heavy atom. The molecule has 1 saturated heterocycles. The van der Waals surface area contributed by atoms with Crippen LogP contribution in [0.3, 0.4) is 0 Å². The molecule has 1 aliphatic heterocycles. The van der Waals surface area contributed by atoms with Crippen LogP contribution in [0.15, 0.2) is 70.1 Å². The second-order valence-electron chi connectivity index (χ2n) is 7.43. The lowest BCUT2D eigenvalue weighted by Gasteiger charge is -2.36. The van der Waals surface area contributed by atoms with Gasteiger partial charge in [0.1, 0.15) is 30.2 Å². The molecular weight excluding hydrogens is 399 g/mol. The SMILES string of the molecule is COc1ccccc1N1CCN(Cc2cc(=O)c(OCc3cccc(F)c3)co2)CC1. The van der Waals surface area contributed by atoms with Gasteiger partial charge in [-0.3, -0.25) is 9.69 Å². The third kappa shape index (κ3) is 5.24. The van der Waals surface area contributed by atoms with Gasteiger partial charge in [0, 0.05) is 32.2 Å². The first-order chi connectivity index (χ1) is 15.1. The number of hydrogen-bond donors (Lipinski definition) is 0. The third-order valence-corrected chi connectivity index (χ3v) is 5.31. The van der Waals surface area contributed by atoms with Crippen molar-refractivity contribution in [3.8, 4) is 11.5 Å². The summed E-state index contributed by atoms with van der Waals surface area (Å²) in [6.07, 6.45) is 1.34. The van der Waals surface area contributed by atoms with Gasteiger partial charge in [-0.2, -0.15) is 0 Å². The molecule has 6 nitrogen and oxygen atoms in total. The molecule has 1 aromatic heterocycles. The average Bonchev–Trinajstić information content (AvgIpc) is 2.79. The molecule has 0 amide bonds. The van der Waals surface area contributed by atoms with Crippen molar-refractivity contribution < 1.29 is 18.3 Å². The van der Waals surface area contributed by atoms with Gasteiger partial charge < -0.3 is 18.8 Å². The number of rotatable bonds is 7. The predicted octanol–water partition coefficient (Wildman–Crippen LogP) is 3.69. The first-order valence-corrected chi connectivity index (χ1v) is 10.2. The van der Waals surface area contributed by atoms with Gasteiger partial charge in [0.25, 0.3) is 0 Å². The Labute approximate surface area is 180 Å². The van der Waals surface area contributed by atoms with E-state index in [1.165, 1.54) is 24.5 Å². The number of methoxy groups -OCH3 is 1. The van der Waals surface area contributed by atoms with E-state index >= 15 is 0 Å². The van der Waals surface area contributed by atoms with Crippen molar-refractivity contribution in [1.29, 1.82) is 0 Å². The largest absolute Gasteiger partial charge is 0.495 e. The summed E-state index contributed by atoms with van der Waals surface area (Å²) in [5, 5.41) is 0. The molecule has 0 bridgehead atoms. The smallest absolute Gasteiger partial charge is 0.227 e. The van der Waals surface area contributed by atoms with Gasteiger partial charge in [-0.25, -0.2) is 4.39 Å². The molecule has 0 spiro atoms. The number of benzene rings is 2. The van der Waals surface area contributed by atoms with Gasteiger partial charge in [-0.05, 0) is 29.8 Å². The van der Waals surface area contributed by atoms with Crippen molar-refractivity contribution in [3.63, 3.8) is 0 Å². The molecule has 1 aliphatic rings. The Hall–Kier alpha value is -3.32. The highest BCUT2D eigenvalue weighted by molar-refractivity contribution is 5.58. The lowest BCUT2D eigenvalue weighted by Crippen LogP contribution is -2.46. The number of para-hydroxylation sites is 2. The van der Waals surface area contributed by atoms with Gasteiger partial charge in [0.2, 0.25) is 11.2 Å². The summed E-state index contributed by atoms with van der Waals surface area (Å²) in [7, 11) is 1.68. The molecule has 0 saturated carbocycles. The first kappa shape index (κ1) is 20.9. The van der Waals surface area contributed by atoms with Gasteiger partial charge in [0.05, 0.1) is 19.3 Å². The van der Waals surface area contributed by atoms with Crippen LogP contribution in [0.1, 0.15) is 11.3 Å². The second-order valence-corrected chi connectivity index (χ2v) is 7.43. The lowest BCUT2D eigenvalue weighted by molar-refractivity contribution is 0.224. The van der Waals surface area contributed by atoms with Crippen LogP contribution in [-0.2, 0) is 13.2 Å². The van der Waals surface area contributed by atoms with E-state index in [0.29, 0.717) is 17.9 Å². The van der Waals surface area contributed by atoms with E-state index in [0.717, 1.165) is 37.6 Å². The zero-order valence-corrected chi connectivity index (χ0v) is 17.4. The highest BCUT2D eigenvalue weighted by atomic mass is 19.1. The average molecular weight is 424 g/mol. The Balaban J connectivity index is 1.32. The van der Waals surface area contributed by atoms with Crippen LogP contribution in [0.5, 0.6) is 11.5 Å². The van der Waals surface area contributed by atoms with Crippen molar-refractivity contribution in [2.24, 2.45) is 0 Å². The minimum Gasteiger partial charge on any atom is -0.495 e. The predicted molar refractivity (Wildman–Crippen MR) is 116 cm³/mol. The Kier molecular flexibility index (Phi) is 6.52. The Bertz CT molecular complexity index is 1080. The molecule has 0 atom stereocenters. The van der Waals surface area contributed by atoms with Crippen LogP contribution in [0, 0.1) is 5.82 Å². The molecule has 7 heteroatoms. The fourth-order valence-corrected chi connectivity index (χ4v) is 3.67. The van der Waals surface area contributed by atoms with E-state index < -0.39 is 0 Å². The molecule has 1 fully saturated rings. The zero-order chi connectivity index (χ0) is 21.6. The summed E-state index contributed by atoms with van der Waals surface area (Å²) in [5.41, 5.74) is 1.50. The summed E-state index contributed by atoms with van der Waals surface area (Å²) < 4.78 is 29.9. The van der Waals surface area contributed by atoms with Crippen molar-refractivity contribution in [2.45, 2.75) is 13.2 Å². The van der Waals surface area contributed by atoms with Crippen molar-refractivity contribution in [1.82, 2.24) is 4.90 Å². The maximum absolute atomic E-state index is 13.3. The molecule has 0 aliphatic carbocycles. The number of halogens is 1. The van der Waals surface area contributed by atoms with Crippen molar-refractivity contribution in [2.75, 3.05) is 38.2 Å². The molecular formula is C24H25FN2O4. The van der Waals surface area contributed by atoms with E-state index in [4.69, 9.17) is 13.9 Å². The van der Waals surface area contributed by atoms with Crippen LogP contribution >= 0.6 is 0 Å². The summed E-state index contributed by atoms with van der Waals surface area (Å²) in [6, 6.07) is 15.6. The maximum Gasteiger partial charge on any atom is 0.227 e. The quantitative estimate of drug-likeness (QED) is 0.577. The van der Waals surface area contributed by atoms with Crippen LogP contribution in [0.2, 0.25) is 0 Å². The number of ether oxygens (including phenoxy) is 2. The molecule has 0 N–H and O–H groups in total. The fraction of sp³-hybridized carbons (Fsp3) is 0.292. The van der Waals surface area contributed by atoms with Crippen LogP contribution in [0.4, 0.5) is 10.1 Å². The van der Waals surface area contributed by atoms with Crippen molar-refractivity contribution >= 4 is 5.69 Å². The molecule has 162 valence electrons. The van der Waals surface area contributed by atoms with Gasteiger partial charge >= 0.3 is 0 Å². The van der Waals surface area contributed by atoms with E-state index in [2.05, 4.69) is 15.9 Å². The molecule has 4 rings (SSSR count). The highest BCUT2D eigenvalue weighted by Crippen LogP contribution is 2.28. The Morgan fingerprint density at radius 2 is 1.81 bits per heavy atom. The maximum atomic E-state index is 13.3. The van der Waals surface area contributed by atoms with Crippen LogP contribution in [-0.4, -0.2) is 38.2 Å². The molecule has 0 unspecified atom stereocenters. The summed E-state index contributed by atoms with van der Waals surface area (Å²) in [4.78, 5) is 16.9. The highest BCUT2D eigenvalue weighted by Gasteiger charge is 2.20. The Morgan fingerprint density at radius 3 is 2.55 bits per heavy atom. The monoisotopic (exact) mass is 424 g/mol. The van der Waals surface area contributed by atoms with Crippen LogP contribution < -0.4 is 19.8 Å². The van der Waals surface area contributed by atoms with Gasteiger partial charge in [-0.15, -0.1) is 0 Å². The first-order valence-electron chi connectivity index (χ1n) is 10.2. The van der Waals surface area contributed by atoms with E-state index in [1.54, 1.807) is 19.2 Å². The van der Waals surface area contributed by atoms with Crippen LogP contribution in [0.25, 0.3) is 0 Å². The zero-order valence-electron chi connectivity index (χ0n) is 17.4. The molecule has 2 heterocycles. The van der Waals surface area contributed by atoms with Crippen molar-refractivity contribution in [3.05, 3.63) is 88.2 Å². The standard InChI is InChI=1S/C24H25FN2O4/c1-29-23-8-3-2-7-21(23)27-11-9-26(10-12-27)15-20-14-22(28)24(17-30-20)31-16-18-5-4-6-19(25)13-18/h2-8,13-14,17H,9-12,15-16H2,1H3. The van der Waals surface area contributed by atoms with E-state index in [1.807, 2.05) is 18.2 Å². The normalized spacial score (nSPS) is 14.5. The second kappa shape index (κ2) is 9.66. The lowest BCUT2D eigenvalue weighted by atomic mass is 10.2. The van der Waals surface area contributed by atoms with E-state index in [-0.39, 0.29) is 23.6 Å². The molecule has 3 aromatic rings. The third-order valence-electron chi connectivity index (χ3n) is 5.31. The topological polar surface area (TPSA) is 55.2 Å². The summed E-state index contributed by atoms with van der Waals surface area (Å²) >= 11 is 0.